The number of carbonyl (C=O) groups excluding carboxylic acids is 1. The zero-order chi connectivity index (χ0) is 19.1. The van der Waals surface area contributed by atoms with Gasteiger partial charge in [0.1, 0.15) is 5.84 Å². The first-order valence-corrected chi connectivity index (χ1v) is 9.62. The number of nitrogens with one attached hydrogen (secondary N) is 1. The Morgan fingerprint density at radius 1 is 1.42 bits per heavy atom. The van der Waals surface area contributed by atoms with Gasteiger partial charge in [-0.15, -0.1) is 0 Å². The molecule has 0 aromatic heterocycles. The van der Waals surface area contributed by atoms with Crippen LogP contribution in [-0.2, 0) is 4.79 Å². The summed E-state index contributed by atoms with van der Waals surface area (Å²) in [5, 5.41) is 8.56. The van der Waals surface area contributed by atoms with Gasteiger partial charge in [-0.2, -0.15) is 0 Å². The molecule has 0 fully saturated rings. The van der Waals surface area contributed by atoms with Gasteiger partial charge in [0.05, 0.1) is 12.1 Å². The van der Waals surface area contributed by atoms with E-state index in [1.165, 1.54) is 18.9 Å². The molecule has 26 heavy (non-hydrogen) atoms. The molecule has 1 amide bonds. The zero-order valence-electron chi connectivity index (χ0n) is 16.4. The number of carbonyl (C=O) groups is 1. The van der Waals surface area contributed by atoms with Gasteiger partial charge in [-0.3, -0.25) is 15.0 Å². The van der Waals surface area contributed by atoms with Crippen molar-refractivity contribution in [2.24, 2.45) is 10.9 Å². The van der Waals surface area contributed by atoms with E-state index in [0.717, 1.165) is 37.0 Å². The summed E-state index contributed by atoms with van der Waals surface area (Å²) in [5.74, 6) is 1.15. The highest BCUT2D eigenvalue weighted by atomic mass is 16.5. The van der Waals surface area contributed by atoms with Crippen molar-refractivity contribution in [2.75, 3.05) is 19.6 Å². The van der Waals surface area contributed by atoms with E-state index in [0.29, 0.717) is 6.04 Å². The summed E-state index contributed by atoms with van der Waals surface area (Å²) < 4.78 is 0. The maximum atomic E-state index is 11.1. The number of amides is 1. The summed E-state index contributed by atoms with van der Waals surface area (Å²) in [6.07, 6.45) is 11.4. The molecular formula is C20H32N4O2. The van der Waals surface area contributed by atoms with Gasteiger partial charge in [0.15, 0.2) is 0 Å². The van der Waals surface area contributed by atoms with E-state index in [2.05, 4.69) is 43.7 Å². The first-order valence-electron chi connectivity index (χ1n) is 9.62. The predicted octanol–water partition coefficient (Wildman–Crippen LogP) is 2.73. The normalized spacial score (nSPS) is 22.2. The lowest BCUT2D eigenvalue weighted by molar-refractivity contribution is -0.124. The first-order chi connectivity index (χ1) is 12.5. The maximum absolute atomic E-state index is 11.1. The third-order valence-electron chi connectivity index (χ3n) is 5.34. The van der Waals surface area contributed by atoms with Crippen molar-refractivity contribution in [3.8, 4) is 0 Å². The van der Waals surface area contributed by atoms with Crippen LogP contribution in [0.15, 0.2) is 41.1 Å². The van der Waals surface area contributed by atoms with E-state index in [4.69, 9.17) is 10.2 Å². The Morgan fingerprint density at radius 3 is 2.77 bits per heavy atom. The molecule has 0 spiro atoms. The molecule has 0 radical (unpaired) electrons. The lowest BCUT2D eigenvalue weighted by Crippen LogP contribution is -2.46. The van der Waals surface area contributed by atoms with Crippen molar-refractivity contribution in [1.29, 1.82) is 0 Å². The molecule has 2 N–H and O–H groups in total. The lowest BCUT2D eigenvalue weighted by Gasteiger charge is -2.33. The number of likely N-dealkylation sites (N-methyl/N-ethyl adjacent to an activating group) is 1. The van der Waals surface area contributed by atoms with Gasteiger partial charge in [0, 0.05) is 25.4 Å². The molecule has 0 saturated carbocycles. The molecule has 0 saturated heterocycles. The number of aliphatic imine (C=N–C) groups is 1. The van der Waals surface area contributed by atoms with Crippen molar-refractivity contribution in [2.45, 2.75) is 52.6 Å². The molecule has 2 unspecified atom stereocenters. The van der Waals surface area contributed by atoms with Crippen molar-refractivity contribution < 1.29 is 10.0 Å². The second-order valence-corrected chi connectivity index (χ2v) is 7.01. The summed E-state index contributed by atoms with van der Waals surface area (Å²) in [4.78, 5) is 20.7. The molecule has 0 aliphatic carbocycles. The van der Waals surface area contributed by atoms with Crippen LogP contribution in [0.4, 0.5) is 0 Å². The summed E-state index contributed by atoms with van der Waals surface area (Å²) >= 11 is 0. The Labute approximate surface area is 156 Å². The van der Waals surface area contributed by atoms with Crippen LogP contribution >= 0.6 is 0 Å². The summed E-state index contributed by atoms with van der Waals surface area (Å²) in [5.41, 5.74) is 2.48. The van der Waals surface area contributed by atoms with Gasteiger partial charge in [0.2, 0.25) is 0 Å². The minimum absolute atomic E-state index is 0.228. The lowest BCUT2D eigenvalue weighted by atomic mass is 10.0. The van der Waals surface area contributed by atoms with E-state index in [-0.39, 0.29) is 6.04 Å². The van der Waals surface area contributed by atoms with E-state index in [1.807, 2.05) is 12.2 Å². The fourth-order valence-corrected chi connectivity index (χ4v) is 3.49. The van der Waals surface area contributed by atoms with Crippen LogP contribution in [0.3, 0.4) is 0 Å². The molecule has 2 aliphatic heterocycles. The molecule has 0 aromatic rings. The number of fused-ring (bicyclic) bond motifs is 1. The number of hydroxylamine groups is 1. The summed E-state index contributed by atoms with van der Waals surface area (Å²) in [6, 6.07) is 0.559. The Hall–Kier alpha value is -1.92. The molecule has 6 nitrogen and oxygen atoms in total. The van der Waals surface area contributed by atoms with Crippen LogP contribution in [0.1, 0.15) is 40.5 Å². The minimum atomic E-state index is -0.540. The van der Waals surface area contributed by atoms with Gasteiger partial charge >= 0.3 is 0 Å². The summed E-state index contributed by atoms with van der Waals surface area (Å²) in [6.45, 7) is 12.1. The van der Waals surface area contributed by atoms with Crippen molar-refractivity contribution >= 4 is 11.7 Å². The number of allylic oxidation sites excluding steroid dienone is 3. The third kappa shape index (κ3) is 5.05. The molecule has 2 heterocycles. The highest BCUT2D eigenvalue weighted by Crippen LogP contribution is 2.25. The highest BCUT2D eigenvalue weighted by molar-refractivity contribution is 5.98. The number of hydrogen-bond acceptors (Lipinski definition) is 5. The Bertz CT molecular complexity index is 605. The van der Waals surface area contributed by atoms with Gasteiger partial charge in [-0.25, -0.2) is 5.48 Å². The van der Waals surface area contributed by atoms with Gasteiger partial charge in [-0.1, -0.05) is 33.6 Å². The van der Waals surface area contributed by atoms with Crippen LogP contribution in [0.5, 0.6) is 0 Å². The SMILES string of the molecule is CCC(CC)CN(CC)CC1C(C)N=C2C=C(/C=C/C(=O)NO)C=CN21. The first kappa shape index (κ1) is 20.4. The number of amidine groups is 1. The molecule has 2 atom stereocenters. The smallest absolute Gasteiger partial charge is 0.267 e. The van der Waals surface area contributed by atoms with Crippen molar-refractivity contribution in [3.05, 3.63) is 36.1 Å². The van der Waals surface area contributed by atoms with E-state index in [1.54, 1.807) is 11.6 Å². The van der Waals surface area contributed by atoms with Gasteiger partial charge in [-0.05, 0) is 43.2 Å². The largest absolute Gasteiger partial charge is 0.327 e. The second-order valence-electron chi connectivity index (χ2n) is 7.01. The minimum Gasteiger partial charge on any atom is -0.327 e. The van der Waals surface area contributed by atoms with Crippen LogP contribution in [0.25, 0.3) is 0 Å². The molecule has 144 valence electrons. The van der Waals surface area contributed by atoms with Crippen molar-refractivity contribution in [3.63, 3.8) is 0 Å². The average molecular weight is 361 g/mol. The van der Waals surface area contributed by atoms with Crippen molar-refractivity contribution in [1.82, 2.24) is 15.3 Å². The third-order valence-corrected chi connectivity index (χ3v) is 5.34. The standard InChI is InChI=1S/C20H32N4O2/c1-5-16(6-2)13-23(7-3)14-18-15(4)21-19-12-17(10-11-24(18)19)8-9-20(25)22-26/h8-12,15-16,18,26H,5-7,13-14H2,1-4H3,(H,22,25)/b9-8+. The van der Waals surface area contributed by atoms with Crippen LogP contribution in [-0.4, -0.2) is 58.5 Å². The maximum Gasteiger partial charge on any atom is 0.267 e. The molecule has 0 bridgehead atoms. The quantitative estimate of drug-likeness (QED) is 0.377. The van der Waals surface area contributed by atoms with Crippen LogP contribution in [0, 0.1) is 5.92 Å². The monoisotopic (exact) mass is 360 g/mol. The fourth-order valence-electron chi connectivity index (χ4n) is 3.49. The Balaban J connectivity index is 2.03. The molecule has 2 rings (SSSR count). The average Bonchev–Trinajstić information content (AvgIpc) is 2.97. The molecule has 2 aliphatic rings. The number of hydrogen-bond donors (Lipinski definition) is 2. The highest BCUT2D eigenvalue weighted by Gasteiger charge is 2.33. The van der Waals surface area contributed by atoms with E-state index in [9.17, 15) is 4.79 Å². The van der Waals surface area contributed by atoms with Crippen LogP contribution in [0.2, 0.25) is 0 Å². The van der Waals surface area contributed by atoms with E-state index >= 15 is 0 Å². The van der Waals surface area contributed by atoms with E-state index < -0.39 is 5.91 Å². The number of rotatable bonds is 9. The molecule has 0 aromatic carbocycles. The fraction of sp³-hybridized carbons (Fsp3) is 0.600. The molecular weight excluding hydrogens is 328 g/mol. The Kier molecular flexibility index (Phi) is 7.60. The van der Waals surface area contributed by atoms with Crippen LogP contribution < -0.4 is 5.48 Å². The zero-order valence-corrected chi connectivity index (χ0v) is 16.4. The number of nitrogens with zero attached hydrogens (tertiary/aromatic N) is 3. The second kappa shape index (κ2) is 9.69. The van der Waals surface area contributed by atoms with Gasteiger partial charge < -0.3 is 9.80 Å². The topological polar surface area (TPSA) is 68.2 Å². The Morgan fingerprint density at radius 2 is 2.15 bits per heavy atom. The summed E-state index contributed by atoms with van der Waals surface area (Å²) in [7, 11) is 0. The predicted molar refractivity (Wildman–Crippen MR) is 105 cm³/mol. The molecule has 6 heteroatoms. The van der Waals surface area contributed by atoms with Gasteiger partial charge in [0.25, 0.3) is 5.91 Å².